The molecule has 1 aromatic carbocycles. The molecular formula is C20H23N5O3. The smallest absolute Gasteiger partial charge is 0.276 e. The van der Waals surface area contributed by atoms with Crippen molar-refractivity contribution in [2.45, 2.75) is 33.2 Å². The zero-order valence-corrected chi connectivity index (χ0v) is 16.3. The number of hydrogen-bond acceptors (Lipinski definition) is 5. The summed E-state index contributed by atoms with van der Waals surface area (Å²) in [6, 6.07) is 10.9. The summed E-state index contributed by atoms with van der Waals surface area (Å²) in [4.78, 5) is 25.0. The largest absolute Gasteiger partial charge is 0.354 e. The Kier molecular flexibility index (Phi) is 5.58. The van der Waals surface area contributed by atoms with Crippen LogP contribution in [0.15, 0.2) is 40.9 Å². The second-order valence-electron chi connectivity index (χ2n) is 6.42. The molecular weight excluding hydrogens is 358 g/mol. The van der Waals surface area contributed by atoms with Gasteiger partial charge < -0.3 is 9.84 Å². The van der Waals surface area contributed by atoms with Crippen LogP contribution in [0.25, 0.3) is 0 Å². The van der Waals surface area contributed by atoms with Crippen LogP contribution in [-0.4, -0.2) is 33.8 Å². The predicted octanol–water partition coefficient (Wildman–Crippen LogP) is 2.96. The minimum atomic E-state index is -0.424. The van der Waals surface area contributed by atoms with Crippen LogP contribution in [0.3, 0.4) is 0 Å². The van der Waals surface area contributed by atoms with E-state index < -0.39 is 5.91 Å². The van der Waals surface area contributed by atoms with Crippen molar-refractivity contribution < 1.29 is 14.1 Å². The lowest BCUT2D eigenvalue weighted by Gasteiger charge is -2.15. The number of anilines is 1. The fourth-order valence-electron chi connectivity index (χ4n) is 2.95. The first-order valence-corrected chi connectivity index (χ1v) is 9.09. The van der Waals surface area contributed by atoms with Crippen LogP contribution in [-0.2, 0) is 6.42 Å². The zero-order valence-electron chi connectivity index (χ0n) is 16.3. The maximum absolute atomic E-state index is 13.0. The third-order valence-electron chi connectivity index (χ3n) is 4.66. The highest BCUT2D eigenvalue weighted by molar-refractivity contribution is 6.04. The molecule has 0 saturated carbocycles. The number of benzene rings is 1. The first-order valence-electron chi connectivity index (χ1n) is 9.09. The number of carbonyl (C=O) groups excluding carboxylic acids is 2. The van der Waals surface area contributed by atoms with Crippen LogP contribution in [0.5, 0.6) is 0 Å². The van der Waals surface area contributed by atoms with Gasteiger partial charge in [-0.2, -0.15) is 5.10 Å². The van der Waals surface area contributed by atoms with E-state index in [0.29, 0.717) is 12.3 Å². The first-order chi connectivity index (χ1) is 13.5. The van der Waals surface area contributed by atoms with E-state index in [4.69, 9.17) is 4.52 Å². The van der Waals surface area contributed by atoms with Gasteiger partial charge in [0.05, 0.1) is 11.7 Å². The summed E-state index contributed by atoms with van der Waals surface area (Å²) >= 11 is 0. The maximum atomic E-state index is 13.0. The second kappa shape index (κ2) is 8.08. The van der Waals surface area contributed by atoms with Gasteiger partial charge in [0.25, 0.3) is 11.8 Å². The molecule has 0 unspecified atom stereocenters. The number of carbonyl (C=O) groups is 2. The molecule has 0 bridgehead atoms. The van der Waals surface area contributed by atoms with Gasteiger partial charge in [0.1, 0.15) is 5.69 Å². The Labute approximate surface area is 162 Å². The fraction of sp³-hybridized carbons (Fsp3) is 0.300. The van der Waals surface area contributed by atoms with Crippen molar-refractivity contribution in [2.75, 3.05) is 12.4 Å². The number of nitrogens with zero attached hydrogens (tertiary/aromatic N) is 3. The van der Waals surface area contributed by atoms with Crippen molar-refractivity contribution in [1.82, 2.24) is 20.3 Å². The minimum Gasteiger partial charge on any atom is -0.354 e. The number of amides is 2. The van der Waals surface area contributed by atoms with Gasteiger partial charge in [-0.05, 0) is 25.8 Å². The van der Waals surface area contributed by atoms with E-state index in [2.05, 4.69) is 20.9 Å². The Balaban J connectivity index is 1.98. The normalized spacial score (nSPS) is 11.9. The SMILES string of the molecule is CCc1noc(NC(=O)c2cc(C(=O)NC)nn2[C@@H](C)c2ccccc2)c1C. The highest BCUT2D eigenvalue weighted by Gasteiger charge is 2.24. The monoisotopic (exact) mass is 381 g/mol. The third-order valence-corrected chi connectivity index (χ3v) is 4.66. The molecule has 3 rings (SSSR count). The van der Waals surface area contributed by atoms with E-state index in [1.165, 1.54) is 13.1 Å². The van der Waals surface area contributed by atoms with Gasteiger partial charge in [-0.3, -0.25) is 19.6 Å². The average Bonchev–Trinajstić information content (AvgIpc) is 3.32. The second-order valence-corrected chi connectivity index (χ2v) is 6.42. The molecule has 1 atom stereocenters. The molecule has 28 heavy (non-hydrogen) atoms. The van der Waals surface area contributed by atoms with Crippen LogP contribution in [0.1, 0.15) is 57.7 Å². The Hall–Kier alpha value is -3.42. The van der Waals surface area contributed by atoms with E-state index in [-0.39, 0.29) is 23.3 Å². The van der Waals surface area contributed by atoms with Crippen molar-refractivity contribution in [3.63, 3.8) is 0 Å². The van der Waals surface area contributed by atoms with Crippen molar-refractivity contribution in [3.8, 4) is 0 Å². The molecule has 0 aliphatic heterocycles. The summed E-state index contributed by atoms with van der Waals surface area (Å²) in [6.07, 6.45) is 0.703. The third kappa shape index (κ3) is 3.66. The molecule has 0 saturated heterocycles. The van der Waals surface area contributed by atoms with Crippen molar-refractivity contribution >= 4 is 17.7 Å². The Morgan fingerprint density at radius 1 is 1.21 bits per heavy atom. The lowest BCUT2D eigenvalue weighted by atomic mass is 10.1. The average molecular weight is 381 g/mol. The van der Waals surface area contributed by atoms with Crippen LogP contribution < -0.4 is 10.6 Å². The molecule has 2 N–H and O–H groups in total. The quantitative estimate of drug-likeness (QED) is 0.683. The fourth-order valence-corrected chi connectivity index (χ4v) is 2.95. The summed E-state index contributed by atoms with van der Waals surface area (Å²) < 4.78 is 6.79. The van der Waals surface area contributed by atoms with Crippen LogP contribution >= 0.6 is 0 Å². The van der Waals surface area contributed by atoms with Gasteiger partial charge >= 0.3 is 0 Å². The molecule has 0 radical (unpaired) electrons. The van der Waals surface area contributed by atoms with Crippen molar-refractivity contribution in [2.24, 2.45) is 0 Å². The molecule has 0 fully saturated rings. The highest BCUT2D eigenvalue weighted by atomic mass is 16.5. The molecule has 2 amide bonds. The van der Waals surface area contributed by atoms with E-state index in [1.807, 2.05) is 51.1 Å². The van der Waals surface area contributed by atoms with Gasteiger partial charge in [-0.15, -0.1) is 0 Å². The van der Waals surface area contributed by atoms with Crippen molar-refractivity contribution in [3.05, 3.63) is 64.6 Å². The van der Waals surface area contributed by atoms with Crippen molar-refractivity contribution in [1.29, 1.82) is 0 Å². The van der Waals surface area contributed by atoms with E-state index in [0.717, 1.165) is 16.8 Å². The van der Waals surface area contributed by atoms with E-state index >= 15 is 0 Å². The maximum Gasteiger partial charge on any atom is 0.276 e. The van der Waals surface area contributed by atoms with E-state index in [1.54, 1.807) is 4.68 Å². The van der Waals surface area contributed by atoms with Crippen LogP contribution in [0.4, 0.5) is 5.88 Å². The summed E-state index contributed by atoms with van der Waals surface area (Å²) in [6.45, 7) is 5.72. The molecule has 8 heteroatoms. The van der Waals surface area contributed by atoms with Crippen LogP contribution in [0, 0.1) is 6.92 Å². The Morgan fingerprint density at radius 3 is 2.54 bits per heavy atom. The molecule has 0 aliphatic rings. The summed E-state index contributed by atoms with van der Waals surface area (Å²) in [7, 11) is 1.52. The number of hydrogen-bond donors (Lipinski definition) is 2. The molecule has 0 spiro atoms. The topological polar surface area (TPSA) is 102 Å². The van der Waals surface area contributed by atoms with Gasteiger partial charge in [-0.1, -0.05) is 42.4 Å². The van der Waals surface area contributed by atoms with Crippen LogP contribution in [0.2, 0.25) is 0 Å². The molecule has 2 aromatic heterocycles. The zero-order chi connectivity index (χ0) is 20.3. The van der Waals surface area contributed by atoms with Gasteiger partial charge in [0.15, 0.2) is 5.69 Å². The highest BCUT2D eigenvalue weighted by Crippen LogP contribution is 2.23. The summed E-state index contributed by atoms with van der Waals surface area (Å²) in [5.41, 5.74) is 2.95. The number of aromatic nitrogens is 3. The molecule has 146 valence electrons. The molecule has 2 heterocycles. The summed E-state index contributed by atoms with van der Waals surface area (Å²) in [5, 5.41) is 13.6. The number of aryl methyl sites for hydroxylation is 1. The Morgan fingerprint density at radius 2 is 1.93 bits per heavy atom. The van der Waals surface area contributed by atoms with Gasteiger partial charge in [-0.25, -0.2) is 0 Å². The first kappa shape index (κ1) is 19.3. The lowest BCUT2D eigenvalue weighted by molar-refractivity contribution is 0.0956. The standard InChI is InChI=1S/C20H23N5O3/c1-5-15-12(2)20(28-24-15)22-19(27)17-11-16(18(26)21-4)23-25(17)13(3)14-9-7-6-8-10-14/h6-11,13H,5H2,1-4H3,(H,21,26)(H,22,27)/t13-/m0/s1. The number of rotatable bonds is 6. The van der Waals surface area contributed by atoms with Gasteiger partial charge in [0, 0.05) is 18.7 Å². The minimum absolute atomic E-state index is 0.166. The van der Waals surface area contributed by atoms with E-state index in [9.17, 15) is 9.59 Å². The lowest BCUT2D eigenvalue weighted by Crippen LogP contribution is -2.21. The predicted molar refractivity (Wildman–Crippen MR) is 104 cm³/mol. The summed E-state index contributed by atoms with van der Waals surface area (Å²) in [5.74, 6) is -0.493. The molecule has 8 nitrogen and oxygen atoms in total. The molecule has 3 aromatic rings. The molecule has 0 aliphatic carbocycles. The van der Waals surface area contributed by atoms with Gasteiger partial charge in [0.2, 0.25) is 5.88 Å². The number of nitrogens with one attached hydrogen (secondary N) is 2. The Bertz CT molecular complexity index is 991.